The maximum atomic E-state index is 13.4. The summed E-state index contributed by atoms with van der Waals surface area (Å²) in [6, 6.07) is 3.65. The summed E-state index contributed by atoms with van der Waals surface area (Å²) in [6.07, 6.45) is 1.21. The summed E-state index contributed by atoms with van der Waals surface area (Å²) in [7, 11) is 3.29. The van der Waals surface area contributed by atoms with Crippen LogP contribution in [0, 0.1) is 5.82 Å². The lowest BCUT2D eigenvalue weighted by Gasteiger charge is -2.18. The number of primary sulfonamides is 1. The molecule has 0 atom stereocenters. The van der Waals surface area contributed by atoms with Gasteiger partial charge in [0.05, 0.1) is 5.75 Å². The van der Waals surface area contributed by atoms with Crippen LogP contribution in [0.25, 0.3) is 0 Å². The lowest BCUT2D eigenvalue weighted by atomic mass is 9.95. The Morgan fingerprint density at radius 1 is 1.45 bits per heavy atom. The molecule has 0 aliphatic rings. The van der Waals surface area contributed by atoms with Gasteiger partial charge in [-0.05, 0) is 41.4 Å². The summed E-state index contributed by atoms with van der Waals surface area (Å²) in [5.74, 6) is -0.755. The highest BCUT2D eigenvalue weighted by atomic mass is 32.2. The lowest BCUT2D eigenvalue weighted by molar-refractivity contribution is -0.106. The number of nitrogens with two attached hydrogens (primary N) is 1. The van der Waals surface area contributed by atoms with Gasteiger partial charge in [-0.3, -0.25) is 9.69 Å². The minimum absolute atomic E-state index is 0.0355. The van der Waals surface area contributed by atoms with Crippen LogP contribution < -0.4 is 20.8 Å². The maximum Gasteiger partial charge on any atom is 0.220 e. The highest BCUT2D eigenvalue weighted by molar-refractivity contribution is 7.89. The van der Waals surface area contributed by atoms with Gasteiger partial charge in [-0.25, -0.2) is 22.6 Å². The van der Waals surface area contributed by atoms with Crippen LogP contribution in [-0.4, -0.2) is 58.2 Å². The van der Waals surface area contributed by atoms with Crippen LogP contribution in [0.1, 0.15) is 18.5 Å². The molecule has 0 fully saturated rings. The molecule has 0 saturated heterocycles. The van der Waals surface area contributed by atoms with Crippen molar-refractivity contribution in [2.75, 3.05) is 29.6 Å². The monoisotopic (exact) mass is 424 g/mol. The number of nitrogens with zero attached hydrogens (tertiary/aromatic N) is 4. The number of benzene rings is 1. The topological polar surface area (TPSA) is 153 Å². The zero-order chi connectivity index (χ0) is 21.4. The van der Waals surface area contributed by atoms with Crippen LogP contribution in [0.3, 0.4) is 0 Å². The Bertz CT molecular complexity index is 983. The maximum absolute atomic E-state index is 13.4. The zero-order valence-electron chi connectivity index (χ0n) is 15.4. The van der Waals surface area contributed by atoms with Crippen molar-refractivity contribution in [2.24, 2.45) is 10.3 Å². The summed E-state index contributed by atoms with van der Waals surface area (Å²) >= 11 is 0. The molecule has 2 rings (SSSR count). The third-order valence-electron chi connectivity index (χ3n) is 3.62. The molecule has 0 aliphatic heterocycles. The van der Waals surface area contributed by atoms with E-state index in [4.69, 9.17) is 22.5 Å². The molecule has 1 amide bonds. The number of amides is 1. The van der Waals surface area contributed by atoms with Crippen LogP contribution in [-0.2, 0) is 19.7 Å². The number of aromatic nitrogens is 2. The van der Waals surface area contributed by atoms with Gasteiger partial charge in [0.1, 0.15) is 20.8 Å². The van der Waals surface area contributed by atoms with Gasteiger partial charge in [-0.1, -0.05) is 10.6 Å². The molecule has 0 aliphatic carbocycles. The normalized spacial score (nSPS) is 11.9. The summed E-state index contributed by atoms with van der Waals surface area (Å²) in [4.78, 5) is 17.5. The highest BCUT2D eigenvalue weighted by Gasteiger charge is 2.24. The SMILES string of the molecule is [B]c1cc(N(C=O)/C(=N\OC)c2nonc2NCCCCS(N)(=O)=O)ccc1F. The number of hydrogen-bond donors (Lipinski definition) is 2. The van der Waals surface area contributed by atoms with Crippen molar-refractivity contribution in [2.45, 2.75) is 12.8 Å². The minimum Gasteiger partial charge on any atom is -0.397 e. The number of hydrogen-bond acceptors (Lipinski definition) is 9. The Labute approximate surface area is 167 Å². The first-order valence-electron chi connectivity index (χ1n) is 8.24. The second-order valence-corrected chi connectivity index (χ2v) is 7.47. The molecular formula is C15H18BFN6O5S. The van der Waals surface area contributed by atoms with E-state index in [9.17, 15) is 17.6 Å². The van der Waals surface area contributed by atoms with Crippen LogP contribution in [0.15, 0.2) is 28.0 Å². The largest absolute Gasteiger partial charge is 0.397 e. The average molecular weight is 424 g/mol. The van der Waals surface area contributed by atoms with Gasteiger partial charge in [0.2, 0.25) is 28.1 Å². The Kier molecular flexibility index (Phi) is 7.67. The number of sulfonamides is 1. The van der Waals surface area contributed by atoms with Crippen LogP contribution >= 0.6 is 0 Å². The number of unbranched alkanes of at least 4 members (excludes halogenated alkanes) is 1. The summed E-state index contributed by atoms with van der Waals surface area (Å²) < 4.78 is 40.1. The Morgan fingerprint density at radius 2 is 2.21 bits per heavy atom. The van der Waals surface area contributed by atoms with Crippen molar-refractivity contribution in [3.05, 3.63) is 29.7 Å². The second kappa shape index (κ2) is 9.98. The number of carbonyl (C=O) groups is 1. The molecule has 1 heterocycles. The van der Waals surface area contributed by atoms with Gasteiger partial charge in [-0.2, -0.15) is 0 Å². The average Bonchev–Trinajstić information content (AvgIpc) is 3.11. The number of amidine groups is 1. The smallest absolute Gasteiger partial charge is 0.220 e. The van der Waals surface area contributed by atoms with Gasteiger partial charge in [-0.15, -0.1) is 0 Å². The van der Waals surface area contributed by atoms with Crippen LogP contribution in [0.4, 0.5) is 15.9 Å². The first kappa shape index (κ1) is 22.3. The number of halogens is 1. The number of oxime groups is 1. The van der Waals surface area contributed by atoms with Crippen LogP contribution in [0.5, 0.6) is 0 Å². The fourth-order valence-electron chi connectivity index (χ4n) is 2.29. The van der Waals surface area contributed by atoms with Gasteiger partial charge >= 0.3 is 0 Å². The van der Waals surface area contributed by atoms with Crippen molar-refractivity contribution in [3.8, 4) is 0 Å². The first-order chi connectivity index (χ1) is 13.8. The van der Waals surface area contributed by atoms with E-state index in [2.05, 4.69) is 20.8 Å². The van der Waals surface area contributed by atoms with E-state index in [1.807, 2.05) is 0 Å². The molecule has 154 valence electrons. The standard InChI is InChI=1S/C15H18BFN6O5S/c1-27-22-15(23(9-24)10-4-5-12(17)11(16)8-10)13-14(21-28-20-13)19-6-2-3-7-29(18,25)26/h4-5,8-9H,2-3,6-7H2,1H3,(H,19,21)(H2,18,25,26)/b22-15-. The van der Waals surface area contributed by atoms with E-state index < -0.39 is 15.8 Å². The molecule has 1 aromatic heterocycles. The van der Waals surface area contributed by atoms with Crippen molar-refractivity contribution in [3.63, 3.8) is 0 Å². The van der Waals surface area contributed by atoms with Crippen molar-refractivity contribution < 1.29 is 27.1 Å². The van der Waals surface area contributed by atoms with Crippen LogP contribution in [0.2, 0.25) is 0 Å². The Balaban J connectivity index is 2.20. The Morgan fingerprint density at radius 3 is 2.83 bits per heavy atom. The van der Waals surface area contributed by atoms with E-state index in [0.29, 0.717) is 25.8 Å². The fraction of sp³-hybridized carbons (Fsp3) is 0.333. The molecule has 2 aromatic rings. The molecular weight excluding hydrogens is 406 g/mol. The van der Waals surface area contributed by atoms with Crippen molar-refractivity contribution >= 4 is 47.1 Å². The Hall–Kier alpha value is -3.00. The van der Waals surface area contributed by atoms with E-state index >= 15 is 0 Å². The predicted molar refractivity (Wildman–Crippen MR) is 104 cm³/mol. The van der Waals surface area contributed by atoms with Gasteiger partial charge in [0.25, 0.3) is 0 Å². The molecule has 3 N–H and O–H groups in total. The fourth-order valence-corrected chi connectivity index (χ4v) is 2.89. The van der Waals surface area contributed by atoms with E-state index in [0.717, 1.165) is 11.0 Å². The quantitative estimate of drug-likeness (QED) is 0.129. The molecule has 0 saturated carbocycles. The molecule has 0 unspecified atom stereocenters. The number of rotatable bonds is 10. The summed E-state index contributed by atoms with van der Waals surface area (Å²) in [5, 5.41) is 19.1. The molecule has 0 bridgehead atoms. The van der Waals surface area contributed by atoms with E-state index in [1.165, 1.54) is 19.2 Å². The third-order valence-corrected chi connectivity index (χ3v) is 4.48. The van der Waals surface area contributed by atoms with Crippen molar-refractivity contribution in [1.82, 2.24) is 10.3 Å². The number of nitrogens with one attached hydrogen (secondary N) is 1. The molecule has 1 aromatic carbocycles. The molecule has 11 nitrogen and oxygen atoms in total. The van der Waals surface area contributed by atoms with Crippen molar-refractivity contribution in [1.29, 1.82) is 0 Å². The number of anilines is 2. The summed E-state index contributed by atoms with van der Waals surface area (Å²) in [6.45, 7) is 0.321. The zero-order valence-corrected chi connectivity index (χ0v) is 16.2. The second-order valence-electron chi connectivity index (χ2n) is 5.74. The summed E-state index contributed by atoms with van der Waals surface area (Å²) in [5.41, 5.74) is 0.0719. The first-order valence-corrected chi connectivity index (χ1v) is 9.96. The highest BCUT2D eigenvalue weighted by Crippen LogP contribution is 2.19. The minimum atomic E-state index is -3.53. The van der Waals surface area contributed by atoms with E-state index in [1.54, 1.807) is 0 Å². The van der Waals surface area contributed by atoms with Gasteiger partial charge in [0, 0.05) is 12.2 Å². The number of carbonyl (C=O) groups excluding carboxylic acids is 1. The van der Waals surface area contributed by atoms with E-state index in [-0.39, 0.29) is 34.3 Å². The molecule has 0 spiro atoms. The van der Waals surface area contributed by atoms with Gasteiger partial charge in [0.15, 0.2) is 5.69 Å². The molecule has 14 heteroatoms. The van der Waals surface area contributed by atoms with Gasteiger partial charge < -0.3 is 10.2 Å². The third kappa shape index (κ3) is 6.25. The molecule has 29 heavy (non-hydrogen) atoms. The predicted octanol–water partition coefficient (Wildman–Crippen LogP) is -0.546. The lowest BCUT2D eigenvalue weighted by Crippen LogP contribution is -2.32. The molecule has 2 radical (unpaired) electrons.